The zero-order valence-corrected chi connectivity index (χ0v) is 25.6. The van der Waals surface area contributed by atoms with E-state index in [4.69, 9.17) is 9.47 Å². The summed E-state index contributed by atoms with van der Waals surface area (Å²) in [6.07, 6.45) is 1.99. The lowest BCUT2D eigenvalue weighted by Crippen LogP contribution is -2.42. The van der Waals surface area contributed by atoms with Crippen LogP contribution < -0.4 is 9.47 Å². The van der Waals surface area contributed by atoms with Crippen LogP contribution in [0.5, 0.6) is 11.5 Å². The van der Waals surface area contributed by atoms with Gasteiger partial charge in [-0.2, -0.15) is 5.26 Å². The molecule has 9 nitrogen and oxygen atoms in total. The number of carbonyl (C=O) groups is 3. The first-order valence-electron chi connectivity index (χ1n) is 15.2. The Morgan fingerprint density at radius 3 is 2.31 bits per heavy atom. The van der Waals surface area contributed by atoms with Crippen molar-refractivity contribution in [3.63, 3.8) is 0 Å². The Kier molecular flexibility index (Phi) is 10.2. The smallest absolute Gasteiger partial charge is 0.272 e. The second-order valence-electron chi connectivity index (χ2n) is 11.7. The van der Waals surface area contributed by atoms with Crippen molar-refractivity contribution >= 4 is 17.5 Å². The molecule has 1 amide bonds. The molecule has 2 aromatic carbocycles. The minimum Gasteiger partial charge on any atom is -0.497 e. The van der Waals surface area contributed by atoms with Gasteiger partial charge in [-0.25, -0.2) is 4.39 Å². The number of pyridine rings is 1. The largest absolute Gasteiger partial charge is 0.497 e. The molecule has 0 radical (unpaired) electrons. The number of halogens is 1. The number of nitrogens with zero attached hydrogens (tertiary/aromatic N) is 4. The normalized spacial score (nSPS) is 19.0. The summed E-state index contributed by atoms with van der Waals surface area (Å²) in [5.41, 5.74) is 2.61. The van der Waals surface area contributed by atoms with E-state index in [9.17, 15) is 19.6 Å². The predicted octanol–water partition coefficient (Wildman–Crippen LogP) is 5.14. The van der Waals surface area contributed by atoms with E-state index < -0.39 is 12.1 Å². The average molecular weight is 613 g/mol. The minimum atomic E-state index is -1.16. The van der Waals surface area contributed by atoms with Crippen molar-refractivity contribution in [2.24, 2.45) is 11.8 Å². The number of hydrogen-bond acceptors (Lipinski definition) is 8. The molecule has 0 spiro atoms. The number of benzene rings is 2. The molecule has 1 aromatic heterocycles. The Morgan fingerprint density at radius 1 is 0.956 bits per heavy atom. The molecule has 2 fully saturated rings. The summed E-state index contributed by atoms with van der Waals surface area (Å²) in [6.45, 7) is 2.29. The van der Waals surface area contributed by atoms with E-state index in [1.165, 1.54) is 13.3 Å². The topological polar surface area (TPSA) is 113 Å². The Labute approximate surface area is 262 Å². The monoisotopic (exact) mass is 612 g/mol. The number of piperidine rings is 2. The van der Waals surface area contributed by atoms with Crippen molar-refractivity contribution in [3.05, 3.63) is 88.7 Å². The highest BCUT2D eigenvalue weighted by Crippen LogP contribution is 2.28. The van der Waals surface area contributed by atoms with Crippen molar-refractivity contribution < 1.29 is 28.2 Å². The van der Waals surface area contributed by atoms with E-state index in [0.29, 0.717) is 73.6 Å². The van der Waals surface area contributed by atoms with Gasteiger partial charge in [-0.15, -0.1) is 0 Å². The molecule has 2 aliphatic heterocycles. The molecule has 234 valence electrons. The molecular weight excluding hydrogens is 575 g/mol. The van der Waals surface area contributed by atoms with Crippen LogP contribution in [0, 0.1) is 23.2 Å². The number of methoxy groups -OCH3 is 2. The third-order valence-corrected chi connectivity index (χ3v) is 8.83. The van der Waals surface area contributed by atoms with Gasteiger partial charge in [0.25, 0.3) is 5.91 Å². The first kappa shape index (κ1) is 31.8. The molecule has 45 heavy (non-hydrogen) atoms. The zero-order chi connectivity index (χ0) is 31.9. The quantitative estimate of drug-likeness (QED) is 0.290. The molecule has 0 N–H and O–H groups in total. The van der Waals surface area contributed by atoms with Gasteiger partial charge >= 0.3 is 0 Å². The number of carbonyl (C=O) groups excluding carboxylic acids is 3. The summed E-state index contributed by atoms with van der Waals surface area (Å²) in [6, 6.07) is 17.6. The number of hydrogen-bond donors (Lipinski definition) is 0. The first-order chi connectivity index (χ1) is 21.8. The highest BCUT2D eigenvalue weighted by molar-refractivity contribution is 5.99. The molecule has 2 atom stereocenters. The van der Waals surface area contributed by atoms with Gasteiger partial charge in [-0.3, -0.25) is 24.3 Å². The third-order valence-electron chi connectivity index (χ3n) is 8.83. The summed E-state index contributed by atoms with van der Waals surface area (Å²) in [5.74, 6) is 0.277. The molecule has 1 unspecified atom stereocenters. The van der Waals surface area contributed by atoms with Crippen LogP contribution >= 0.6 is 0 Å². The molecule has 3 aromatic rings. The van der Waals surface area contributed by atoms with Gasteiger partial charge in [0, 0.05) is 55.8 Å². The number of Topliss-reactive ketones (excluding diaryl/α,β-unsaturated/α-hetero) is 2. The number of amides is 1. The van der Waals surface area contributed by atoms with Crippen LogP contribution in [-0.4, -0.2) is 78.8 Å². The van der Waals surface area contributed by atoms with Crippen molar-refractivity contribution in [2.45, 2.75) is 38.4 Å². The van der Waals surface area contributed by atoms with Gasteiger partial charge in [0.15, 0.2) is 11.6 Å². The molecule has 0 saturated carbocycles. The van der Waals surface area contributed by atoms with E-state index in [1.54, 1.807) is 60.5 Å². The Bertz CT molecular complexity index is 1560. The molecule has 3 heterocycles. The van der Waals surface area contributed by atoms with E-state index in [0.717, 1.165) is 5.56 Å². The maximum Gasteiger partial charge on any atom is 0.272 e. The van der Waals surface area contributed by atoms with E-state index in [-0.39, 0.29) is 42.1 Å². The van der Waals surface area contributed by atoms with E-state index in [1.807, 2.05) is 11.0 Å². The van der Waals surface area contributed by atoms with Crippen molar-refractivity contribution in [3.8, 4) is 17.6 Å². The van der Waals surface area contributed by atoms with E-state index >= 15 is 4.39 Å². The number of ether oxygens (including phenoxy) is 2. The number of aromatic nitrogens is 1. The van der Waals surface area contributed by atoms with Gasteiger partial charge in [-0.1, -0.05) is 6.07 Å². The predicted molar refractivity (Wildman–Crippen MR) is 165 cm³/mol. The standard InChI is InChI=1S/C35H37FN4O5/c1-44-29-8-5-24(6-9-29)34(42)25-12-15-40(16-13-25)35(43)31-10-7-28(20-38-31)32(41)18-26-11-14-39(22-30(26)36)21-23-3-4-27(19-37)33(17-23)45-2/h3-10,17,20,25-26,30H,11-16,18,21-22H2,1-2H3/t26?,30-/m1/s1. The molecule has 0 aliphatic carbocycles. The van der Waals surface area contributed by atoms with Gasteiger partial charge in [0.05, 0.1) is 19.8 Å². The fraction of sp³-hybridized carbons (Fsp3) is 0.400. The van der Waals surface area contributed by atoms with Crippen LogP contribution in [0.15, 0.2) is 60.8 Å². The minimum absolute atomic E-state index is 0.0684. The van der Waals surface area contributed by atoms with Crippen LogP contribution in [0.25, 0.3) is 0 Å². The number of rotatable bonds is 10. The number of ketones is 2. The number of alkyl halides is 1. The second kappa shape index (κ2) is 14.4. The fourth-order valence-electron chi connectivity index (χ4n) is 6.11. The van der Waals surface area contributed by atoms with Crippen LogP contribution in [0.4, 0.5) is 4.39 Å². The third kappa shape index (κ3) is 7.55. The lowest BCUT2D eigenvalue weighted by molar-refractivity contribution is 0.0644. The molecular formula is C35H37FN4O5. The van der Waals surface area contributed by atoms with Crippen molar-refractivity contribution in [1.82, 2.24) is 14.8 Å². The maximum atomic E-state index is 15.2. The summed E-state index contributed by atoms with van der Waals surface area (Å²) >= 11 is 0. The lowest BCUT2D eigenvalue weighted by Gasteiger charge is -2.34. The SMILES string of the molecule is COc1ccc(C(=O)C2CCN(C(=O)c3ccc(C(=O)CC4CCN(Cc5ccc(C#N)c(OC)c5)C[C@H]4F)cn3)CC2)cc1. The summed E-state index contributed by atoms with van der Waals surface area (Å²) in [7, 11) is 3.09. The second-order valence-corrected chi connectivity index (χ2v) is 11.7. The Morgan fingerprint density at radius 2 is 1.69 bits per heavy atom. The van der Waals surface area contributed by atoms with E-state index in [2.05, 4.69) is 11.1 Å². The lowest BCUT2D eigenvalue weighted by atomic mass is 9.88. The van der Waals surface area contributed by atoms with Crippen molar-refractivity contribution in [1.29, 1.82) is 5.26 Å². The Hall–Kier alpha value is -4.62. The van der Waals surface area contributed by atoms with Crippen LogP contribution in [0.1, 0.15) is 68.0 Å². The maximum absolute atomic E-state index is 15.2. The molecule has 0 bridgehead atoms. The van der Waals surface area contributed by atoms with Gasteiger partial charge in [-0.05, 0) is 85.8 Å². The number of nitriles is 1. The van der Waals surface area contributed by atoms with Crippen LogP contribution in [0.3, 0.4) is 0 Å². The molecule has 2 aliphatic rings. The van der Waals surface area contributed by atoms with Gasteiger partial charge in [0.1, 0.15) is 29.4 Å². The molecule has 10 heteroatoms. The first-order valence-corrected chi connectivity index (χ1v) is 15.2. The van der Waals surface area contributed by atoms with Crippen LogP contribution in [-0.2, 0) is 6.54 Å². The summed E-state index contributed by atoms with van der Waals surface area (Å²) < 4.78 is 25.6. The molecule has 5 rings (SSSR count). The average Bonchev–Trinajstić information content (AvgIpc) is 3.09. The van der Waals surface area contributed by atoms with Crippen LogP contribution in [0.2, 0.25) is 0 Å². The van der Waals surface area contributed by atoms with Crippen molar-refractivity contribution in [2.75, 3.05) is 40.4 Å². The highest BCUT2D eigenvalue weighted by Gasteiger charge is 2.32. The fourth-order valence-corrected chi connectivity index (χ4v) is 6.11. The Balaban J connectivity index is 1.09. The highest BCUT2D eigenvalue weighted by atomic mass is 19.1. The molecule has 2 saturated heterocycles. The van der Waals surface area contributed by atoms with Gasteiger partial charge < -0.3 is 14.4 Å². The summed E-state index contributed by atoms with van der Waals surface area (Å²) in [4.78, 5) is 47.0. The zero-order valence-electron chi connectivity index (χ0n) is 25.6. The summed E-state index contributed by atoms with van der Waals surface area (Å²) in [5, 5.41) is 9.19. The number of likely N-dealkylation sites (tertiary alicyclic amines) is 2. The van der Waals surface area contributed by atoms with Gasteiger partial charge in [0.2, 0.25) is 0 Å².